The largest absolute Gasteiger partial charge is 0.494 e. The van der Waals surface area contributed by atoms with Crippen LogP contribution in [-0.4, -0.2) is 30.2 Å². The van der Waals surface area contributed by atoms with Crippen LogP contribution in [0.2, 0.25) is 0 Å². The molecule has 0 aromatic heterocycles. The fraction of sp³-hybridized carbons (Fsp3) is 0.444. The predicted octanol–water partition coefficient (Wildman–Crippen LogP) is 5.81. The maximum absolute atomic E-state index is 12.1. The minimum atomic E-state index is -0.386. The monoisotopic (exact) mass is 484 g/mol. The summed E-state index contributed by atoms with van der Waals surface area (Å²) in [6.45, 7) is 3.25. The van der Waals surface area contributed by atoms with Gasteiger partial charge in [-0.1, -0.05) is 62.9 Å². The molecule has 6 nitrogen and oxygen atoms in total. The summed E-state index contributed by atoms with van der Waals surface area (Å²) in [6.07, 6.45) is 7.64. The first kappa shape index (κ1) is 27.3. The number of hydrogen-bond donors (Lipinski definition) is 2. The molecule has 2 N–H and O–H groups in total. The van der Waals surface area contributed by atoms with Crippen molar-refractivity contribution in [2.24, 2.45) is 0 Å². The van der Waals surface area contributed by atoms with E-state index in [0.29, 0.717) is 13.2 Å². The summed E-state index contributed by atoms with van der Waals surface area (Å²) in [5.74, 6) is 0.0862. The molecule has 0 aliphatic carbocycles. The third-order valence-electron chi connectivity index (χ3n) is 5.15. The molecule has 0 fully saturated rings. The van der Waals surface area contributed by atoms with E-state index >= 15 is 0 Å². The van der Waals surface area contributed by atoms with E-state index in [-0.39, 0.29) is 29.8 Å². The first-order chi connectivity index (χ1) is 16.6. The van der Waals surface area contributed by atoms with Gasteiger partial charge in [0.2, 0.25) is 5.91 Å². The Bertz CT molecular complexity index is 872. The number of benzene rings is 2. The third kappa shape index (κ3) is 12.3. The first-order valence-electron chi connectivity index (χ1n) is 12.1. The van der Waals surface area contributed by atoms with Gasteiger partial charge in [0.1, 0.15) is 5.75 Å². The lowest BCUT2D eigenvalue weighted by molar-refractivity contribution is -0.145. The van der Waals surface area contributed by atoms with E-state index in [0.717, 1.165) is 30.7 Å². The molecule has 0 bridgehead atoms. The SMILES string of the molecule is CCCCCCCOc1ccc(NC(=S)NC(=O)CCC(=O)OCCCc2ccccc2)cc1. The zero-order valence-electron chi connectivity index (χ0n) is 20.0. The molecule has 0 heterocycles. The molecule has 0 spiro atoms. The van der Waals surface area contributed by atoms with Gasteiger partial charge in [-0.25, -0.2) is 0 Å². The number of anilines is 1. The minimum Gasteiger partial charge on any atom is -0.494 e. The Morgan fingerprint density at radius 1 is 0.853 bits per heavy atom. The van der Waals surface area contributed by atoms with E-state index in [1.807, 2.05) is 54.6 Å². The van der Waals surface area contributed by atoms with Gasteiger partial charge in [0.15, 0.2) is 5.11 Å². The average Bonchev–Trinajstić information content (AvgIpc) is 2.84. The van der Waals surface area contributed by atoms with Gasteiger partial charge < -0.3 is 20.1 Å². The zero-order valence-corrected chi connectivity index (χ0v) is 20.8. The highest BCUT2D eigenvalue weighted by Gasteiger charge is 2.10. The van der Waals surface area contributed by atoms with Crippen molar-refractivity contribution in [1.82, 2.24) is 5.32 Å². The maximum atomic E-state index is 12.1. The number of nitrogens with one attached hydrogen (secondary N) is 2. The van der Waals surface area contributed by atoms with Crippen LogP contribution < -0.4 is 15.4 Å². The van der Waals surface area contributed by atoms with Gasteiger partial charge in [-0.2, -0.15) is 0 Å². The molecule has 0 atom stereocenters. The minimum absolute atomic E-state index is 0.0181. The van der Waals surface area contributed by atoms with E-state index in [1.165, 1.54) is 31.2 Å². The molecule has 2 rings (SSSR count). The standard InChI is InChI=1S/C27H36N2O4S/c1-2-3-4-5-9-20-32-24-16-14-23(15-17-24)28-27(34)29-25(30)18-19-26(31)33-21-10-13-22-11-7-6-8-12-22/h6-8,11-12,14-17H,2-5,9-10,13,18-21H2,1H3,(H2,28,29,30,34). The number of ether oxygens (including phenoxy) is 2. The second-order valence-electron chi connectivity index (χ2n) is 8.10. The number of carbonyl (C=O) groups excluding carboxylic acids is 2. The Kier molecular flexibility index (Phi) is 13.4. The molecule has 0 unspecified atom stereocenters. The Labute approximate surface area is 208 Å². The van der Waals surface area contributed by atoms with Gasteiger partial charge in [0, 0.05) is 12.1 Å². The molecular weight excluding hydrogens is 448 g/mol. The number of unbranched alkanes of at least 4 members (excludes halogenated alkanes) is 4. The molecule has 0 aliphatic heterocycles. The fourth-order valence-corrected chi connectivity index (χ4v) is 3.51. The number of esters is 1. The quantitative estimate of drug-likeness (QED) is 0.189. The van der Waals surface area contributed by atoms with Crippen LogP contribution in [0.4, 0.5) is 5.69 Å². The Morgan fingerprint density at radius 3 is 2.32 bits per heavy atom. The Balaban J connectivity index is 1.55. The van der Waals surface area contributed by atoms with Gasteiger partial charge in [0.05, 0.1) is 19.6 Å². The summed E-state index contributed by atoms with van der Waals surface area (Å²) in [5, 5.41) is 5.74. The number of amides is 1. The Morgan fingerprint density at radius 2 is 1.59 bits per heavy atom. The average molecular weight is 485 g/mol. The predicted molar refractivity (Wildman–Crippen MR) is 140 cm³/mol. The van der Waals surface area contributed by atoms with Crippen molar-refractivity contribution >= 4 is 34.9 Å². The number of aryl methyl sites for hydroxylation is 1. The molecule has 2 aromatic carbocycles. The van der Waals surface area contributed by atoms with E-state index in [1.54, 1.807) is 0 Å². The summed E-state index contributed by atoms with van der Waals surface area (Å²) in [4.78, 5) is 23.9. The van der Waals surface area contributed by atoms with Gasteiger partial charge in [-0.05, 0) is 61.3 Å². The Hall–Kier alpha value is -2.93. The van der Waals surface area contributed by atoms with Crippen molar-refractivity contribution in [2.75, 3.05) is 18.5 Å². The van der Waals surface area contributed by atoms with Crippen molar-refractivity contribution in [1.29, 1.82) is 0 Å². The van der Waals surface area contributed by atoms with Gasteiger partial charge >= 0.3 is 5.97 Å². The molecule has 7 heteroatoms. The summed E-state index contributed by atoms with van der Waals surface area (Å²) in [7, 11) is 0. The van der Waals surface area contributed by atoms with Crippen molar-refractivity contribution < 1.29 is 19.1 Å². The molecule has 1 amide bonds. The lowest BCUT2D eigenvalue weighted by Crippen LogP contribution is -2.34. The van der Waals surface area contributed by atoms with Crippen molar-refractivity contribution in [3.05, 3.63) is 60.2 Å². The summed E-state index contributed by atoms with van der Waals surface area (Å²) in [5.41, 5.74) is 1.96. The summed E-state index contributed by atoms with van der Waals surface area (Å²) in [6, 6.07) is 17.5. The lowest BCUT2D eigenvalue weighted by atomic mass is 10.1. The summed E-state index contributed by atoms with van der Waals surface area (Å²) >= 11 is 5.19. The van der Waals surface area contributed by atoms with Crippen molar-refractivity contribution in [3.63, 3.8) is 0 Å². The third-order valence-corrected chi connectivity index (χ3v) is 5.36. The molecule has 184 valence electrons. The van der Waals surface area contributed by atoms with E-state index in [2.05, 4.69) is 17.6 Å². The van der Waals surface area contributed by atoms with Gasteiger partial charge in [-0.3, -0.25) is 9.59 Å². The van der Waals surface area contributed by atoms with E-state index < -0.39 is 0 Å². The number of hydrogen-bond acceptors (Lipinski definition) is 5. The first-order valence-corrected chi connectivity index (χ1v) is 12.5. The zero-order chi connectivity index (χ0) is 24.4. The maximum Gasteiger partial charge on any atom is 0.306 e. The van der Waals surface area contributed by atoms with Crippen LogP contribution in [0.5, 0.6) is 5.75 Å². The van der Waals surface area contributed by atoms with Crippen LogP contribution in [0.15, 0.2) is 54.6 Å². The lowest BCUT2D eigenvalue weighted by Gasteiger charge is -2.11. The smallest absolute Gasteiger partial charge is 0.306 e. The van der Waals surface area contributed by atoms with Crippen LogP contribution in [0.3, 0.4) is 0 Å². The van der Waals surface area contributed by atoms with Crippen molar-refractivity contribution in [2.45, 2.75) is 64.7 Å². The number of rotatable bonds is 15. The van der Waals surface area contributed by atoms with Crippen LogP contribution in [0.1, 0.15) is 63.9 Å². The van der Waals surface area contributed by atoms with E-state index in [4.69, 9.17) is 21.7 Å². The molecule has 2 aromatic rings. The topological polar surface area (TPSA) is 76.7 Å². The van der Waals surface area contributed by atoms with Crippen LogP contribution in [0, 0.1) is 0 Å². The van der Waals surface area contributed by atoms with Crippen LogP contribution in [-0.2, 0) is 20.7 Å². The fourth-order valence-electron chi connectivity index (χ4n) is 3.28. The van der Waals surface area contributed by atoms with Gasteiger partial charge in [-0.15, -0.1) is 0 Å². The molecule has 34 heavy (non-hydrogen) atoms. The molecule has 0 saturated carbocycles. The normalized spacial score (nSPS) is 10.4. The van der Waals surface area contributed by atoms with Crippen LogP contribution >= 0.6 is 12.2 Å². The number of thiocarbonyl (C=S) groups is 1. The van der Waals surface area contributed by atoms with Gasteiger partial charge in [0.25, 0.3) is 0 Å². The van der Waals surface area contributed by atoms with Crippen molar-refractivity contribution in [3.8, 4) is 5.75 Å². The number of carbonyl (C=O) groups is 2. The van der Waals surface area contributed by atoms with Crippen LogP contribution in [0.25, 0.3) is 0 Å². The molecule has 0 aliphatic rings. The highest BCUT2D eigenvalue weighted by molar-refractivity contribution is 7.80. The molecule has 0 saturated heterocycles. The summed E-state index contributed by atoms with van der Waals surface area (Å²) < 4.78 is 10.9. The second-order valence-corrected chi connectivity index (χ2v) is 8.51. The molecular formula is C27H36N2O4S. The second kappa shape index (κ2) is 16.6. The highest BCUT2D eigenvalue weighted by atomic mass is 32.1. The molecule has 0 radical (unpaired) electrons. The highest BCUT2D eigenvalue weighted by Crippen LogP contribution is 2.16. The van der Waals surface area contributed by atoms with E-state index in [9.17, 15) is 9.59 Å².